The summed E-state index contributed by atoms with van der Waals surface area (Å²) in [7, 11) is 0. The van der Waals surface area contributed by atoms with E-state index >= 15 is 0 Å². The Morgan fingerprint density at radius 3 is 2.64 bits per heavy atom. The number of carbonyl (C=O) groups is 1. The van der Waals surface area contributed by atoms with Gasteiger partial charge in [0.15, 0.2) is 0 Å². The summed E-state index contributed by atoms with van der Waals surface area (Å²) in [4.78, 5) is 23.8. The topological polar surface area (TPSA) is 83.4 Å². The molecule has 0 saturated carbocycles. The van der Waals surface area contributed by atoms with E-state index in [1.807, 2.05) is 0 Å². The van der Waals surface area contributed by atoms with Crippen LogP contribution in [0.4, 0.5) is 5.69 Å². The summed E-state index contributed by atoms with van der Waals surface area (Å²) in [5, 5.41) is 15.2. The minimum Gasteiger partial charge on any atom is -0.392 e. The van der Waals surface area contributed by atoms with Crippen molar-refractivity contribution in [3.8, 4) is 5.69 Å². The SMILES string of the molecule is O=C(Nc1ccc(-n2ccccc2=O)cc1)[C@H]1C[C@@H](O)CN1. The maximum atomic E-state index is 12.0. The molecule has 22 heavy (non-hydrogen) atoms. The molecule has 2 heterocycles. The van der Waals surface area contributed by atoms with Gasteiger partial charge in [0.1, 0.15) is 0 Å². The number of hydrogen-bond donors (Lipinski definition) is 3. The summed E-state index contributed by atoms with van der Waals surface area (Å²) in [6.45, 7) is 0.438. The van der Waals surface area contributed by atoms with E-state index in [1.54, 1.807) is 42.6 Å². The molecule has 3 rings (SSSR count). The Hall–Kier alpha value is -2.44. The first-order chi connectivity index (χ1) is 10.6. The molecule has 1 aliphatic rings. The van der Waals surface area contributed by atoms with E-state index in [4.69, 9.17) is 0 Å². The summed E-state index contributed by atoms with van der Waals surface area (Å²) in [5.74, 6) is -0.166. The Labute approximate surface area is 127 Å². The minimum absolute atomic E-state index is 0.108. The van der Waals surface area contributed by atoms with E-state index in [-0.39, 0.29) is 17.5 Å². The van der Waals surface area contributed by atoms with E-state index in [0.29, 0.717) is 18.7 Å². The molecule has 0 bridgehead atoms. The molecule has 0 radical (unpaired) electrons. The summed E-state index contributed by atoms with van der Waals surface area (Å²) in [5.41, 5.74) is 1.28. The fourth-order valence-corrected chi connectivity index (χ4v) is 2.49. The molecule has 1 aliphatic heterocycles. The number of carbonyl (C=O) groups excluding carboxylic acids is 1. The number of rotatable bonds is 3. The monoisotopic (exact) mass is 299 g/mol. The highest BCUT2D eigenvalue weighted by Gasteiger charge is 2.27. The molecule has 3 N–H and O–H groups in total. The van der Waals surface area contributed by atoms with Gasteiger partial charge < -0.3 is 15.7 Å². The number of hydrogen-bond acceptors (Lipinski definition) is 4. The lowest BCUT2D eigenvalue weighted by Gasteiger charge is -2.12. The fraction of sp³-hybridized carbons (Fsp3) is 0.250. The third-order valence-corrected chi connectivity index (χ3v) is 3.66. The van der Waals surface area contributed by atoms with Crippen LogP contribution in [0.15, 0.2) is 53.5 Å². The Bertz CT molecular complexity index is 724. The molecule has 1 aromatic carbocycles. The second kappa shape index (κ2) is 6.13. The van der Waals surface area contributed by atoms with Gasteiger partial charge in [-0.25, -0.2) is 0 Å². The minimum atomic E-state index is -0.469. The average molecular weight is 299 g/mol. The largest absolute Gasteiger partial charge is 0.392 e. The maximum Gasteiger partial charge on any atom is 0.255 e. The zero-order valence-electron chi connectivity index (χ0n) is 11.9. The molecule has 1 aromatic heterocycles. The number of aliphatic hydroxyl groups excluding tert-OH is 1. The van der Waals surface area contributed by atoms with Crippen molar-refractivity contribution in [2.24, 2.45) is 0 Å². The first-order valence-corrected chi connectivity index (χ1v) is 7.14. The molecule has 6 nitrogen and oxygen atoms in total. The van der Waals surface area contributed by atoms with Crippen molar-refractivity contribution in [3.05, 3.63) is 59.0 Å². The van der Waals surface area contributed by atoms with Crippen LogP contribution in [-0.2, 0) is 4.79 Å². The van der Waals surface area contributed by atoms with Gasteiger partial charge in [-0.05, 0) is 36.8 Å². The summed E-state index contributed by atoms with van der Waals surface area (Å²) in [6.07, 6.45) is 1.64. The van der Waals surface area contributed by atoms with Crippen molar-refractivity contribution in [1.29, 1.82) is 0 Å². The van der Waals surface area contributed by atoms with E-state index in [1.165, 1.54) is 10.6 Å². The third-order valence-electron chi connectivity index (χ3n) is 3.66. The highest BCUT2D eigenvalue weighted by Crippen LogP contribution is 2.14. The lowest BCUT2D eigenvalue weighted by Crippen LogP contribution is -2.35. The Morgan fingerprint density at radius 2 is 2.00 bits per heavy atom. The van der Waals surface area contributed by atoms with Crippen molar-refractivity contribution < 1.29 is 9.90 Å². The number of β-amino-alcohol motifs (C(OH)–C–C–N with tert-alkyl or cyclic N) is 1. The van der Waals surface area contributed by atoms with Crippen molar-refractivity contribution >= 4 is 11.6 Å². The molecule has 2 aromatic rings. The first-order valence-electron chi connectivity index (χ1n) is 7.14. The standard InChI is InChI=1S/C16H17N3O3/c20-13-9-14(17-10-13)16(22)18-11-4-6-12(7-5-11)19-8-2-1-3-15(19)21/h1-8,13-14,17,20H,9-10H2,(H,18,22)/t13-,14-/m1/s1. The second-order valence-corrected chi connectivity index (χ2v) is 5.30. The van der Waals surface area contributed by atoms with E-state index < -0.39 is 6.10 Å². The van der Waals surface area contributed by atoms with E-state index in [0.717, 1.165) is 5.69 Å². The van der Waals surface area contributed by atoms with Crippen LogP contribution >= 0.6 is 0 Å². The number of aromatic nitrogens is 1. The zero-order chi connectivity index (χ0) is 15.5. The molecule has 1 fully saturated rings. The lowest BCUT2D eigenvalue weighted by molar-refractivity contribution is -0.117. The first kappa shape index (κ1) is 14.5. The van der Waals surface area contributed by atoms with Gasteiger partial charge in [-0.2, -0.15) is 0 Å². The fourth-order valence-electron chi connectivity index (χ4n) is 2.49. The molecule has 114 valence electrons. The van der Waals surface area contributed by atoms with Gasteiger partial charge >= 0.3 is 0 Å². The lowest BCUT2D eigenvalue weighted by atomic mass is 10.2. The van der Waals surface area contributed by atoms with Gasteiger partial charge in [0.05, 0.1) is 12.1 Å². The van der Waals surface area contributed by atoms with Gasteiger partial charge in [0.2, 0.25) is 5.91 Å². The molecular weight excluding hydrogens is 282 g/mol. The van der Waals surface area contributed by atoms with E-state index in [9.17, 15) is 14.7 Å². The molecule has 2 atom stereocenters. The van der Waals surface area contributed by atoms with E-state index in [2.05, 4.69) is 10.6 Å². The van der Waals surface area contributed by atoms with Gasteiger partial charge in [-0.1, -0.05) is 6.07 Å². The number of pyridine rings is 1. The molecule has 0 spiro atoms. The molecular formula is C16H17N3O3. The van der Waals surface area contributed by atoms with Crippen LogP contribution in [-0.4, -0.2) is 34.3 Å². The predicted octanol–water partition coefficient (Wildman–Crippen LogP) is 0.499. The third kappa shape index (κ3) is 3.08. The van der Waals surface area contributed by atoms with Crippen LogP contribution in [0.2, 0.25) is 0 Å². The summed E-state index contributed by atoms with van der Waals surface area (Å²) < 4.78 is 1.53. The highest BCUT2D eigenvalue weighted by atomic mass is 16.3. The Morgan fingerprint density at radius 1 is 1.23 bits per heavy atom. The Balaban J connectivity index is 1.71. The number of nitrogens with one attached hydrogen (secondary N) is 2. The van der Waals surface area contributed by atoms with Crippen molar-refractivity contribution in [1.82, 2.24) is 9.88 Å². The smallest absolute Gasteiger partial charge is 0.255 e. The zero-order valence-corrected chi connectivity index (χ0v) is 11.9. The Kier molecular flexibility index (Phi) is 4.04. The van der Waals surface area contributed by atoms with Crippen LogP contribution in [0.1, 0.15) is 6.42 Å². The maximum absolute atomic E-state index is 12.0. The second-order valence-electron chi connectivity index (χ2n) is 5.30. The molecule has 1 amide bonds. The summed E-state index contributed by atoms with van der Waals surface area (Å²) >= 11 is 0. The molecule has 1 saturated heterocycles. The van der Waals surface area contributed by atoms with Crippen LogP contribution < -0.4 is 16.2 Å². The van der Waals surface area contributed by atoms with Crippen molar-refractivity contribution in [2.45, 2.75) is 18.6 Å². The number of aliphatic hydroxyl groups is 1. The predicted molar refractivity (Wildman–Crippen MR) is 83.1 cm³/mol. The average Bonchev–Trinajstić information content (AvgIpc) is 2.95. The number of amides is 1. The van der Waals surface area contributed by atoms with Crippen LogP contribution in [0.25, 0.3) is 5.69 Å². The van der Waals surface area contributed by atoms with Crippen LogP contribution in [0.5, 0.6) is 0 Å². The quantitative estimate of drug-likeness (QED) is 0.770. The van der Waals surface area contributed by atoms with Crippen LogP contribution in [0.3, 0.4) is 0 Å². The van der Waals surface area contributed by atoms with Crippen molar-refractivity contribution in [2.75, 3.05) is 11.9 Å². The van der Waals surface area contributed by atoms with Crippen molar-refractivity contribution in [3.63, 3.8) is 0 Å². The molecule has 0 aliphatic carbocycles. The highest BCUT2D eigenvalue weighted by molar-refractivity contribution is 5.95. The molecule has 0 unspecified atom stereocenters. The molecule has 6 heteroatoms. The van der Waals surface area contributed by atoms with Gasteiger partial charge in [-0.3, -0.25) is 14.2 Å². The normalized spacial score (nSPS) is 20.8. The number of nitrogens with zero attached hydrogens (tertiary/aromatic N) is 1. The summed E-state index contributed by atoms with van der Waals surface area (Å²) in [6, 6.07) is 11.6. The van der Waals surface area contributed by atoms with Gasteiger partial charge in [-0.15, -0.1) is 0 Å². The van der Waals surface area contributed by atoms with Crippen LogP contribution in [0, 0.1) is 0 Å². The number of benzene rings is 1. The van der Waals surface area contributed by atoms with Gasteiger partial charge in [0.25, 0.3) is 5.56 Å². The van der Waals surface area contributed by atoms with Gasteiger partial charge in [0, 0.05) is 30.2 Å². The number of anilines is 1.